The van der Waals surface area contributed by atoms with Crippen LogP contribution in [0.3, 0.4) is 0 Å². The van der Waals surface area contributed by atoms with E-state index in [2.05, 4.69) is 0 Å². The molecule has 0 bridgehead atoms. The summed E-state index contributed by atoms with van der Waals surface area (Å²) in [6, 6.07) is 1.89. The highest BCUT2D eigenvalue weighted by molar-refractivity contribution is 5.71. The number of carbonyl (C=O) groups is 1. The van der Waals surface area contributed by atoms with Gasteiger partial charge in [0.15, 0.2) is 0 Å². The van der Waals surface area contributed by atoms with Gasteiger partial charge >= 0.3 is 5.97 Å². The van der Waals surface area contributed by atoms with E-state index in [4.69, 9.17) is 9.47 Å². The molecular weight excluding hydrogens is 228 g/mol. The van der Waals surface area contributed by atoms with Gasteiger partial charge in [-0.25, -0.2) is 0 Å². The van der Waals surface area contributed by atoms with Gasteiger partial charge in [-0.3, -0.25) is 4.79 Å². The molecule has 0 aliphatic rings. The van der Waals surface area contributed by atoms with E-state index in [1.54, 1.807) is 6.26 Å². The van der Waals surface area contributed by atoms with Crippen molar-refractivity contribution >= 4 is 5.97 Å². The van der Waals surface area contributed by atoms with Crippen LogP contribution in [0.25, 0.3) is 0 Å². The highest BCUT2D eigenvalue weighted by Crippen LogP contribution is 2.33. The van der Waals surface area contributed by atoms with E-state index in [0.29, 0.717) is 5.75 Å². The molecule has 1 rings (SSSR count). The summed E-state index contributed by atoms with van der Waals surface area (Å²) in [7, 11) is 0. The molecule has 0 saturated carbocycles. The molecule has 0 aromatic heterocycles. The molecule has 1 aromatic rings. The van der Waals surface area contributed by atoms with E-state index < -0.39 is 0 Å². The first-order valence-corrected chi connectivity index (χ1v) is 6.08. The smallest absolute Gasteiger partial charge is 0.308 e. The summed E-state index contributed by atoms with van der Waals surface area (Å²) in [5, 5.41) is 0. The molecule has 0 aliphatic carbocycles. The van der Waals surface area contributed by atoms with Gasteiger partial charge in [-0.15, -0.1) is 0 Å². The first-order chi connectivity index (χ1) is 8.47. The molecule has 0 fully saturated rings. The van der Waals surface area contributed by atoms with Crippen LogP contribution < -0.4 is 9.47 Å². The zero-order valence-corrected chi connectivity index (χ0v) is 11.7. The molecule has 0 N–H and O–H groups in total. The van der Waals surface area contributed by atoms with Gasteiger partial charge in [0.05, 0.1) is 6.26 Å². The maximum absolute atomic E-state index is 11.1. The van der Waals surface area contributed by atoms with Crippen molar-refractivity contribution in [3.8, 4) is 11.5 Å². The third-order valence-corrected chi connectivity index (χ3v) is 2.75. The number of rotatable bonds is 4. The Morgan fingerprint density at radius 1 is 1.28 bits per heavy atom. The molecule has 0 amide bonds. The van der Waals surface area contributed by atoms with Gasteiger partial charge in [-0.05, 0) is 56.0 Å². The lowest BCUT2D eigenvalue weighted by Crippen LogP contribution is -2.06. The third-order valence-electron chi connectivity index (χ3n) is 2.75. The highest BCUT2D eigenvalue weighted by Gasteiger charge is 2.13. The monoisotopic (exact) mass is 248 g/mol. The average Bonchev–Trinajstić information content (AvgIpc) is 2.31. The fraction of sp³-hybridized carbons (Fsp3) is 0.400. The molecule has 18 heavy (non-hydrogen) atoms. The number of carbonyl (C=O) groups excluding carboxylic acids is 1. The molecule has 0 heterocycles. The summed E-state index contributed by atoms with van der Waals surface area (Å²) in [6.07, 6.45) is 4.57. The van der Waals surface area contributed by atoms with Crippen molar-refractivity contribution in [3.05, 3.63) is 35.1 Å². The summed E-state index contributed by atoms with van der Waals surface area (Å²) in [6.45, 7) is 9.24. The van der Waals surface area contributed by atoms with Gasteiger partial charge in [-0.2, -0.15) is 0 Å². The van der Waals surface area contributed by atoms with Crippen LogP contribution in [0.2, 0.25) is 0 Å². The second-order valence-electron chi connectivity index (χ2n) is 4.26. The minimum absolute atomic E-state index is 0.305. The first kappa shape index (κ1) is 14.3. The van der Waals surface area contributed by atoms with Gasteiger partial charge in [0.2, 0.25) is 0 Å². The topological polar surface area (TPSA) is 35.5 Å². The Balaban J connectivity index is 3.11. The fourth-order valence-corrected chi connectivity index (χ4v) is 1.66. The predicted molar refractivity (Wildman–Crippen MR) is 72.0 cm³/mol. The molecule has 0 saturated heterocycles. The van der Waals surface area contributed by atoms with Crippen molar-refractivity contribution < 1.29 is 14.3 Å². The Labute approximate surface area is 108 Å². The van der Waals surface area contributed by atoms with Crippen molar-refractivity contribution in [2.75, 3.05) is 0 Å². The normalized spacial score (nSPS) is 10.7. The van der Waals surface area contributed by atoms with Gasteiger partial charge in [0.25, 0.3) is 0 Å². The lowest BCUT2D eigenvalue weighted by atomic mass is 10.0. The zero-order valence-electron chi connectivity index (χ0n) is 11.7. The molecule has 98 valence electrons. The summed E-state index contributed by atoms with van der Waals surface area (Å²) in [4.78, 5) is 11.1. The first-order valence-electron chi connectivity index (χ1n) is 6.08. The minimum Gasteiger partial charge on any atom is -0.465 e. The molecule has 0 atom stereocenters. The molecule has 0 unspecified atom stereocenters. The van der Waals surface area contributed by atoms with Crippen molar-refractivity contribution in [1.82, 2.24) is 0 Å². The summed E-state index contributed by atoms with van der Waals surface area (Å²) >= 11 is 0. The van der Waals surface area contributed by atoms with E-state index >= 15 is 0 Å². The van der Waals surface area contributed by atoms with Gasteiger partial charge < -0.3 is 9.47 Å². The molecule has 3 nitrogen and oxygen atoms in total. The Hall–Kier alpha value is -1.77. The van der Waals surface area contributed by atoms with Crippen molar-refractivity contribution in [2.45, 2.75) is 41.0 Å². The van der Waals surface area contributed by atoms with Crippen molar-refractivity contribution in [2.24, 2.45) is 0 Å². The fourth-order valence-electron chi connectivity index (χ4n) is 1.66. The quantitative estimate of drug-likeness (QED) is 0.461. The lowest BCUT2D eigenvalue weighted by molar-refractivity contribution is -0.131. The number of ether oxygens (including phenoxy) is 2. The standard InChI is InChI=1S/C15H20O3/c1-6-7-8-17-14-9-10(2)15(18-13(5)16)12(4)11(14)3/h7-9H,6H2,1-5H3/b8-7+. The number of hydrogen-bond acceptors (Lipinski definition) is 3. The molecule has 1 aromatic carbocycles. The maximum Gasteiger partial charge on any atom is 0.308 e. The molecule has 0 spiro atoms. The van der Waals surface area contributed by atoms with Crippen LogP contribution >= 0.6 is 0 Å². The van der Waals surface area contributed by atoms with Gasteiger partial charge in [-0.1, -0.05) is 6.92 Å². The van der Waals surface area contributed by atoms with Gasteiger partial charge in [0, 0.05) is 6.92 Å². The van der Waals surface area contributed by atoms with Crippen LogP contribution in [0.15, 0.2) is 18.4 Å². The molecular formula is C15H20O3. The Bertz CT molecular complexity index is 473. The van der Waals surface area contributed by atoms with Crippen LogP contribution in [-0.2, 0) is 4.79 Å². The van der Waals surface area contributed by atoms with E-state index in [9.17, 15) is 4.79 Å². The third kappa shape index (κ3) is 3.36. The number of allylic oxidation sites excluding steroid dienone is 1. The number of hydrogen-bond donors (Lipinski definition) is 0. The lowest BCUT2D eigenvalue weighted by Gasteiger charge is -2.15. The Morgan fingerprint density at radius 3 is 2.50 bits per heavy atom. The minimum atomic E-state index is -0.305. The summed E-state index contributed by atoms with van der Waals surface area (Å²) in [5.41, 5.74) is 2.82. The number of esters is 1. The largest absolute Gasteiger partial charge is 0.465 e. The summed E-state index contributed by atoms with van der Waals surface area (Å²) < 4.78 is 10.8. The Morgan fingerprint density at radius 2 is 1.94 bits per heavy atom. The van der Waals surface area contributed by atoms with Crippen molar-refractivity contribution in [3.63, 3.8) is 0 Å². The number of benzene rings is 1. The van der Waals surface area contributed by atoms with E-state index in [-0.39, 0.29) is 5.97 Å². The van der Waals surface area contributed by atoms with Crippen LogP contribution in [0.4, 0.5) is 0 Å². The SMILES string of the molecule is CC/C=C/Oc1cc(C)c(OC(C)=O)c(C)c1C. The zero-order chi connectivity index (χ0) is 13.7. The van der Waals surface area contributed by atoms with Crippen LogP contribution in [0, 0.1) is 20.8 Å². The molecule has 3 heteroatoms. The predicted octanol–water partition coefficient (Wildman–Crippen LogP) is 3.84. The van der Waals surface area contributed by atoms with E-state index in [1.165, 1.54) is 6.92 Å². The van der Waals surface area contributed by atoms with Gasteiger partial charge in [0.1, 0.15) is 11.5 Å². The average molecular weight is 248 g/mol. The second kappa shape index (κ2) is 6.24. The Kier molecular flexibility index (Phi) is 4.95. The molecule has 0 radical (unpaired) electrons. The number of aryl methyl sites for hydroxylation is 1. The molecule has 0 aliphatic heterocycles. The van der Waals surface area contributed by atoms with Crippen LogP contribution in [0.1, 0.15) is 37.0 Å². The highest BCUT2D eigenvalue weighted by atomic mass is 16.5. The van der Waals surface area contributed by atoms with Crippen LogP contribution in [0.5, 0.6) is 11.5 Å². The summed E-state index contributed by atoms with van der Waals surface area (Å²) in [5.74, 6) is 1.12. The van der Waals surface area contributed by atoms with E-state index in [0.717, 1.165) is 28.9 Å². The van der Waals surface area contributed by atoms with Crippen molar-refractivity contribution in [1.29, 1.82) is 0 Å². The maximum atomic E-state index is 11.1. The van der Waals surface area contributed by atoms with Crippen LogP contribution in [-0.4, -0.2) is 5.97 Å². The van der Waals surface area contributed by atoms with E-state index in [1.807, 2.05) is 39.8 Å². The second-order valence-corrected chi connectivity index (χ2v) is 4.26.